The molecule has 80 valence electrons. The van der Waals surface area contributed by atoms with Crippen molar-refractivity contribution in [2.24, 2.45) is 0 Å². The van der Waals surface area contributed by atoms with E-state index in [-0.39, 0.29) is 12.7 Å². The SMILES string of the molecule is FC[C@@H]1CCCN1CC1=CCCOC1. The minimum atomic E-state index is -0.200. The first-order valence-electron chi connectivity index (χ1n) is 5.46. The first-order chi connectivity index (χ1) is 6.90. The standard InChI is InChI=1S/C11H18FNO/c12-7-11-4-1-5-13(11)8-10-3-2-6-14-9-10/h3,11H,1-2,4-9H2/t11-/m0/s1. The maximum Gasteiger partial charge on any atom is 0.105 e. The minimum absolute atomic E-state index is 0.165. The Labute approximate surface area is 84.7 Å². The van der Waals surface area contributed by atoms with Crippen molar-refractivity contribution in [3.8, 4) is 0 Å². The fourth-order valence-corrected chi connectivity index (χ4v) is 2.26. The molecule has 1 saturated heterocycles. The summed E-state index contributed by atoms with van der Waals surface area (Å²) in [4.78, 5) is 2.25. The summed E-state index contributed by atoms with van der Waals surface area (Å²) in [6, 6.07) is 0.165. The monoisotopic (exact) mass is 199 g/mol. The van der Waals surface area contributed by atoms with Gasteiger partial charge in [-0.1, -0.05) is 6.08 Å². The van der Waals surface area contributed by atoms with Crippen LogP contribution in [-0.2, 0) is 4.74 Å². The van der Waals surface area contributed by atoms with Gasteiger partial charge in [0, 0.05) is 12.6 Å². The fourth-order valence-electron chi connectivity index (χ4n) is 2.26. The first-order valence-corrected chi connectivity index (χ1v) is 5.46. The van der Waals surface area contributed by atoms with Crippen LogP contribution in [-0.4, -0.2) is 43.9 Å². The van der Waals surface area contributed by atoms with Crippen molar-refractivity contribution in [1.29, 1.82) is 0 Å². The second-order valence-electron chi connectivity index (χ2n) is 4.12. The molecule has 0 aromatic carbocycles. The van der Waals surface area contributed by atoms with Crippen LogP contribution in [0.4, 0.5) is 4.39 Å². The highest BCUT2D eigenvalue weighted by Crippen LogP contribution is 2.19. The highest BCUT2D eigenvalue weighted by atomic mass is 19.1. The van der Waals surface area contributed by atoms with Crippen LogP contribution in [0.2, 0.25) is 0 Å². The number of hydrogen-bond acceptors (Lipinski definition) is 2. The van der Waals surface area contributed by atoms with Crippen molar-refractivity contribution in [3.05, 3.63) is 11.6 Å². The second-order valence-corrected chi connectivity index (χ2v) is 4.12. The van der Waals surface area contributed by atoms with Crippen LogP contribution in [0.25, 0.3) is 0 Å². The highest BCUT2D eigenvalue weighted by molar-refractivity contribution is 5.08. The van der Waals surface area contributed by atoms with Crippen molar-refractivity contribution in [1.82, 2.24) is 4.90 Å². The van der Waals surface area contributed by atoms with Crippen molar-refractivity contribution >= 4 is 0 Å². The molecule has 0 amide bonds. The van der Waals surface area contributed by atoms with Crippen LogP contribution in [0.3, 0.4) is 0 Å². The van der Waals surface area contributed by atoms with Crippen molar-refractivity contribution in [2.75, 3.05) is 33.0 Å². The van der Waals surface area contributed by atoms with Crippen molar-refractivity contribution in [2.45, 2.75) is 25.3 Å². The van der Waals surface area contributed by atoms with Gasteiger partial charge >= 0.3 is 0 Å². The number of rotatable bonds is 3. The van der Waals surface area contributed by atoms with Gasteiger partial charge in [0.15, 0.2) is 0 Å². The number of hydrogen-bond donors (Lipinski definition) is 0. The molecular formula is C11H18FNO. The molecular weight excluding hydrogens is 181 g/mol. The average molecular weight is 199 g/mol. The lowest BCUT2D eigenvalue weighted by molar-refractivity contribution is 0.138. The van der Waals surface area contributed by atoms with Gasteiger partial charge in [-0.3, -0.25) is 4.90 Å². The lowest BCUT2D eigenvalue weighted by atomic mass is 10.1. The van der Waals surface area contributed by atoms with Crippen LogP contribution < -0.4 is 0 Å². The molecule has 0 N–H and O–H groups in total. The molecule has 0 spiro atoms. The van der Waals surface area contributed by atoms with E-state index < -0.39 is 0 Å². The van der Waals surface area contributed by atoms with Crippen LogP contribution in [0.15, 0.2) is 11.6 Å². The Bertz CT molecular complexity index is 217. The Balaban J connectivity index is 1.86. The van der Waals surface area contributed by atoms with Gasteiger partial charge in [-0.2, -0.15) is 0 Å². The van der Waals surface area contributed by atoms with E-state index in [4.69, 9.17) is 4.74 Å². The van der Waals surface area contributed by atoms with E-state index in [2.05, 4.69) is 11.0 Å². The van der Waals surface area contributed by atoms with Gasteiger partial charge in [-0.05, 0) is 31.4 Å². The third-order valence-corrected chi connectivity index (χ3v) is 3.07. The highest BCUT2D eigenvalue weighted by Gasteiger charge is 2.24. The molecule has 0 unspecified atom stereocenters. The Kier molecular flexibility index (Phi) is 3.54. The zero-order chi connectivity index (χ0) is 9.80. The van der Waals surface area contributed by atoms with Gasteiger partial charge < -0.3 is 4.74 Å². The molecule has 14 heavy (non-hydrogen) atoms. The Morgan fingerprint density at radius 1 is 1.57 bits per heavy atom. The summed E-state index contributed by atoms with van der Waals surface area (Å²) in [6.45, 7) is 3.35. The molecule has 2 nitrogen and oxygen atoms in total. The molecule has 2 aliphatic rings. The van der Waals surface area contributed by atoms with Gasteiger partial charge in [0.1, 0.15) is 6.67 Å². The summed E-state index contributed by atoms with van der Waals surface area (Å²) >= 11 is 0. The topological polar surface area (TPSA) is 12.5 Å². The summed E-state index contributed by atoms with van der Waals surface area (Å²) in [7, 11) is 0. The summed E-state index contributed by atoms with van der Waals surface area (Å²) in [6.07, 6.45) is 5.42. The third-order valence-electron chi connectivity index (χ3n) is 3.07. The molecule has 0 aliphatic carbocycles. The van der Waals surface area contributed by atoms with Gasteiger partial charge in [0.2, 0.25) is 0 Å². The van der Waals surface area contributed by atoms with E-state index in [1.54, 1.807) is 0 Å². The van der Waals surface area contributed by atoms with Gasteiger partial charge in [-0.15, -0.1) is 0 Å². The summed E-state index contributed by atoms with van der Waals surface area (Å²) in [5.74, 6) is 0. The summed E-state index contributed by atoms with van der Waals surface area (Å²) in [5, 5.41) is 0. The maximum absolute atomic E-state index is 12.6. The van der Waals surface area contributed by atoms with E-state index in [9.17, 15) is 4.39 Å². The number of nitrogens with zero attached hydrogens (tertiary/aromatic N) is 1. The van der Waals surface area contributed by atoms with E-state index >= 15 is 0 Å². The van der Waals surface area contributed by atoms with Crippen molar-refractivity contribution in [3.63, 3.8) is 0 Å². The van der Waals surface area contributed by atoms with Gasteiger partial charge in [-0.25, -0.2) is 4.39 Å². The molecule has 0 bridgehead atoms. The lowest BCUT2D eigenvalue weighted by Gasteiger charge is -2.24. The zero-order valence-electron chi connectivity index (χ0n) is 8.54. The third kappa shape index (κ3) is 2.34. The molecule has 2 heterocycles. The first kappa shape index (κ1) is 10.1. The van der Waals surface area contributed by atoms with E-state index in [0.717, 1.165) is 45.6 Å². The Morgan fingerprint density at radius 3 is 3.21 bits per heavy atom. The molecule has 0 radical (unpaired) electrons. The lowest BCUT2D eigenvalue weighted by Crippen LogP contribution is -2.34. The van der Waals surface area contributed by atoms with E-state index in [0.29, 0.717) is 0 Å². The minimum Gasteiger partial charge on any atom is -0.377 e. The number of alkyl halides is 1. The zero-order valence-corrected chi connectivity index (χ0v) is 8.54. The van der Waals surface area contributed by atoms with Gasteiger partial charge in [0.25, 0.3) is 0 Å². The van der Waals surface area contributed by atoms with Gasteiger partial charge in [0.05, 0.1) is 13.2 Å². The van der Waals surface area contributed by atoms with Crippen LogP contribution >= 0.6 is 0 Å². The fraction of sp³-hybridized carbons (Fsp3) is 0.818. The summed E-state index contributed by atoms with van der Waals surface area (Å²) < 4.78 is 18.0. The van der Waals surface area contributed by atoms with Crippen molar-refractivity contribution < 1.29 is 9.13 Å². The smallest absolute Gasteiger partial charge is 0.105 e. The molecule has 1 fully saturated rings. The molecule has 3 heteroatoms. The predicted molar refractivity (Wildman–Crippen MR) is 54.1 cm³/mol. The van der Waals surface area contributed by atoms with E-state index in [1.165, 1.54) is 5.57 Å². The largest absolute Gasteiger partial charge is 0.377 e. The second kappa shape index (κ2) is 4.89. The molecule has 2 rings (SSSR count). The normalized spacial score (nSPS) is 29.2. The molecule has 2 aliphatic heterocycles. The average Bonchev–Trinajstić information content (AvgIpc) is 2.67. The number of ether oxygens (including phenoxy) is 1. The van der Waals surface area contributed by atoms with E-state index in [1.807, 2.05) is 0 Å². The van der Waals surface area contributed by atoms with Crippen LogP contribution in [0.1, 0.15) is 19.3 Å². The summed E-state index contributed by atoms with van der Waals surface area (Å²) in [5.41, 5.74) is 1.33. The number of likely N-dealkylation sites (tertiary alicyclic amines) is 1. The number of halogens is 1. The molecule has 0 aromatic heterocycles. The predicted octanol–water partition coefficient (Wildman–Crippen LogP) is 1.77. The maximum atomic E-state index is 12.6. The Hall–Kier alpha value is -0.410. The molecule has 0 saturated carbocycles. The molecule has 0 aromatic rings. The van der Waals surface area contributed by atoms with Crippen LogP contribution in [0, 0.1) is 0 Å². The van der Waals surface area contributed by atoms with Crippen LogP contribution in [0.5, 0.6) is 0 Å². The Morgan fingerprint density at radius 2 is 2.50 bits per heavy atom. The quantitative estimate of drug-likeness (QED) is 0.642. The molecule has 1 atom stereocenters.